The summed E-state index contributed by atoms with van der Waals surface area (Å²) in [7, 11) is 0. The summed E-state index contributed by atoms with van der Waals surface area (Å²) in [5, 5.41) is 0. The third kappa shape index (κ3) is 9.24. The highest BCUT2D eigenvalue weighted by Gasteiger charge is 2.59. The number of cyclic esters (lactones) is 4. The lowest BCUT2D eigenvalue weighted by atomic mass is 9.59. The van der Waals surface area contributed by atoms with Crippen LogP contribution in [-0.4, -0.2) is 23.9 Å². The maximum atomic E-state index is 13.2. The third-order valence-corrected chi connectivity index (χ3v) is 11.1. The van der Waals surface area contributed by atoms with Crippen LogP contribution in [0.1, 0.15) is 169 Å². The summed E-state index contributed by atoms with van der Waals surface area (Å²) in [4.78, 5) is 51.1. The van der Waals surface area contributed by atoms with Crippen molar-refractivity contribution in [3.8, 4) is 0 Å². The van der Waals surface area contributed by atoms with Crippen LogP contribution in [0.3, 0.4) is 0 Å². The zero-order valence-electron chi connectivity index (χ0n) is 29.1. The molecule has 5 unspecified atom stereocenters. The molecule has 2 aliphatic heterocycles. The fourth-order valence-corrected chi connectivity index (χ4v) is 8.49. The van der Waals surface area contributed by atoms with Crippen LogP contribution in [-0.2, 0) is 35.1 Å². The standard InChI is InChI=1S/C42H56O6/c1-2-3-4-5-6-7-8-9-10-11-12-13-14-15-16-17-18-19-22-30-25-27-31(28-26-30)36-37(34-29-35(43)47-40(34)44)32-23-20-21-24-33(32)38-39(36)42(46)48-41(38)45/h20-21,23-28,34,36-39H,2-19,22,29H2,1H3. The lowest BCUT2D eigenvalue weighted by Crippen LogP contribution is -2.38. The molecule has 0 N–H and O–H groups in total. The number of hydrogen-bond acceptors (Lipinski definition) is 6. The second-order valence-corrected chi connectivity index (χ2v) is 14.5. The first-order valence-electron chi connectivity index (χ1n) is 19.2. The molecular formula is C42H56O6. The molecule has 5 rings (SSSR count). The van der Waals surface area contributed by atoms with Gasteiger partial charge < -0.3 is 9.47 Å². The van der Waals surface area contributed by atoms with Crippen LogP contribution in [0.2, 0.25) is 0 Å². The number of carbonyl (C=O) groups excluding carboxylic acids is 4. The lowest BCUT2D eigenvalue weighted by Gasteiger charge is -2.40. The average Bonchev–Trinajstić information content (AvgIpc) is 3.59. The van der Waals surface area contributed by atoms with Crippen LogP contribution >= 0.6 is 0 Å². The normalized spacial score (nSPS) is 23.2. The van der Waals surface area contributed by atoms with Crippen molar-refractivity contribution in [2.24, 2.45) is 11.8 Å². The summed E-state index contributed by atoms with van der Waals surface area (Å²) in [6, 6.07) is 15.7. The number of ether oxygens (including phenoxy) is 2. The van der Waals surface area contributed by atoms with Crippen LogP contribution in [0.25, 0.3) is 0 Å². The van der Waals surface area contributed by atoms with Crippen molar-refractivity contribution in [1.29, 1.82) is 0 Å². The van der Waals surface area contributed by atoms with Gasteiger partial charge in [-0.25, -0.2) is 0 Å². The van der Waals surface area contributed by atoms with E-state index in [-0.39, 0.29) is 6.42 Å². The molecule has 0 aromatic heterocycles. The topological polar surface area (TPSA) is 86.7 Å². The highest BCUT2D eigenvalue weighted by molar-refractivity contribution is 6.02. The number of fused-ring (bicyclic) bond motifs is 3. The summed E-state index contributed by atoms with van der Waals surface area (Å²) in [6.45, 7) is 2.28. The molecule has 2 fully saturated rings. The Balaban J connectivity index is 1.04. The van der Waals surface area contributed by atoms with Crippen molar-refractivity contribution in [1.82, 2.24) is 0 Å². The Morgan fingerprint density at radius 1 is 0.521 bits per heavy atom. The minimum Gasteiger partial charge on any atom is -0.393 e. The van der Waals surface area contributed by atoms with E-state index >= 15 is 0 Å². The van der Waals surface area contributed by atoms with E-state index in [0.717, 1.165) is 24.0 Å². The summed E-state index contributed by atoms with van der Waals surface area (Å²) >= 11 is 0. The van der Waals surface area contributed by atoms with Gasteiger partial charge in [-0.1, -0.05) is 165 Å². The largest absolute Gasteiger partial charge is 0.393 e. The van der Waals surface area contributed by atoms with Crippen molar-refractivity contribution in [3.05, 3.63) is 70.8 Å². The van der Waals surface area contributed by atoms with Gasteiger partial charge in [0.2, 0.25) is 0 Å². The fraction of sp³-hybridized carbons (Fsp3) is 0.619. The summed E-state index contributed by atoms with van der Waals surface area (Å²) in [5.74, 6) is -5.35. The van der Waals surface area contributed by atoms with Gasteiger partial charge in [0.15, 0.2) is 0 Å². The van der Waals surface area contributed by atoms with Crippen LogP contribution < -0.4 is 0 Å². The van der Waals surface area contributed by atoms with Crippen molar-refractivity contribution in [3.63, 3.8) is 0 Å². The molecule has 2 aromatic rings. The molecule has 6 heteroatoms. The molecule has 0 radical (unpaired) electrons. The zero-order valence-corrected chi connectivity index (χ0v) is 29.1. The molecule has 2 heterocycles. The quantitative estimate of drug-likeness (QED) is 0.0755. The SMILES string of the molecule is CCCCCCCCCCCCCCCCCCCCc1ccc(C2C3C(=O)OC(=O)C3c3ccccc3C2C2CC(=O)OC2=O)cc1. The first kappa shape index (κ1) is 36.0. The Morgan fingerprint density at radius 2 is 1.04 bits per heavy atom. The van der Waals surface area contributed by atoms with Crippen LogP contribution in [0.15, 0.2) is 48.5 Å². The fourth-order valence-electron chi connectivity index (χ4n) is 8.49. The average molecular weight is 657 g/mol. The molecule has 6 nitrogen and oxygen atoms in total. The summed E-state index contributed by atoms with van der Waals surface area (Å²) in [5.41, 5.74) is 3.64. The number of aryl methyl sites for hydroxylation is 1. The molecule has 2 aromatic carbocycles. The Morgan fingerprint density at radius 3 is 1.56 bits per heavy atom. The Hall–Kier alpha value is -3.28. The summed E-state index contributed by atoms with van der Waals surface area (Å²) < 4.78 is 10.2. The van der Waals surface area contributed by atoms with E-state index in [1.165, 1.54) is 115 Å². The number of rotatable bonds is 21. The van der Waals surface area contributed by atoms with Gasteiger partial charge in [0.1, 0.15) is 0 Å². The Labute approximate surface area is 287 Å². The molecule has 0 amide bonds. The molecule has 2 saturated heterocycles. The van der Waals surface area contributed by atoms with Crippen LogP contribution in [0, 0.1) is 11.8 Å². The van der Waals surface area contributed by atoms with E-state index < -0.39 is 53.5 Å². The van der Waals surface area contributed by atoms with E-state index in [1.807, 2.05) is 36.4 Å². The van der Waals surface area contributed by atoms with Gasteiger partial charge in [-0.15, -0.1) is 0 Å². The number of unbranched alkanes of at least 4 members (excludes halogenated alkanes) is 17. The number of hydrogen-bond donors (Lipinski definition) is 0. The van der Waals surface area contributed by atoms with Crippen LogP contribution in [0.5, 0.6) is 0 Å². The van der Waals surface area contributed by atoms with Crippen molar-refractivity contribution in [2.45, 2.75) is 153 Å². The predicted molar refractivity (Wildman–Crippen MR) is 187 cm³/mol. The molecule has 48 heavy (non-hydrogen) atoms. The second-order valence-electron chi connectivity index (χ2n) is 14.5. The van der Waals surface area contributed by atoms with Gasteiger partial charge in [0, 0.05) is 11.8 Å². The van der Waals surface area contributed by atoms with Gasteiger partial charge in [0.05, 0.1) is 24.2 Å². The third-order valence-electron chi connectivity index (χ3n) is 11.1. The van der Waals surface area contributed by atoms with Crippen LogP contribution in [0.4, 0.5) is 0 Å². The van der Waals surface area contributed by atoms with E-state index in [1.54, 1.807) is 0 Å². The number of benzene rings is 2. The van der Waals surface area contributed by atoms with Gasteiger partial charge in [-0.2, -0.15) is 0 Å². The van der Waals surface area contributed by atoms with Crippen molar-refractivity contribution >= 4 is 23.9 Å². The monoisotopic (exact) mass is 656 g/mol. The molecule has 1 aliphatic carbocycles. The van der Waals surface area contributed by atoms with E-state index in [0.29, 0.717) is 5.56 Å². The Kier molecular flexibility index (Phi) is 13.9. The van der Waals surface area contributed by atoms with Crippen molar-refractivity contribution in [2.75, 3.05) is 0 Å². The van der Waals surface area contributed by atoms with Gasteiger partial charge in [0.25, 0.3) is 0 Å². The second kappa shape index (κ2) is 18.5. The highest BCUT2D eigenvalue weighted by Crippen LogP contribution is 2.58. The maximum Gasteiger partial charge on any atom is 0.321 e. The van der Waals surface area contributed by atoms with Crippen molar-refractivity contribution < 1.29 is 28.7 Å². The molecule has 0 bridgehead atoms. The van der Waals surface area contributed by atoms with E-state index in [9.17, 15) is 19.2 Å². The smallest absolute Gasteiger partial charge is 0.321 e. The minimum atomic E-state index is -0.748. The lowest BCUT2D eigenvalue weighted by molar-refractivity contribution is -0.155. The Bertz CT molecular complexity index is 1360. The van der Waals surface area contributed by atoms with Gasteiger partial charge in [-0.3, -0.25) is 19.2 Å². The molecule has 5 atom stereocenters. The number of esters is 4. The molecule has 0 saturated carbocycles. The van der Waals surface area contributed by atoms with E-state index in [2.05, 4.69) is 19.1 Å². The molecular weight excluding hydrogens is 600 g/mol. The van der Waals surface area contributed by atoms with E-state index in [4.69, 9.17) is 9.47 Å². The molecule has 3 aliphatic rings. The summed E-state index contributed by atoms with van der Waals surface area (Å²) in [6.07, 6.45) is 25.5. The first-order chi connectivity index (χ1) is 23.5. The highest BCUT2D eigenvalue weighted by atomic mass is 16.6. The van der Waals surface area contributed by atoms with Gasteiger partial charge in [-0.05, 0) is 35.1 Å². The predicted octanol–water partition coefficient (Wildman–Crippen LogP) is 10.0. The maximum absolute atomic E-state index is 13.2. The molecule has 0 spiro atoms. The number of carbonyl (C=O) groups is 4. The zero-order chi connectivity index (χ0) is 33.7. The minimum absolute atomic E-state index is 0.0356. The molecule has 260 valence electrons. The first-order valence-corrected chi connectivity index (χ1v) is 19.2. The van der Waals surface area contributed by atoms with Gasteiger partial charge >= 0.3 is 23.9 Å².